The molecule has 112 valence electrons. The number of nitriles is 1. The molecule has 2 N–H and O–H groups in total. The van der Waals surface area contributed by atoms with E-state index in [1.165, 1.54) is 23.1 Å². The van der Waals surface area contributed by atoms with Gasteiger partial charge in [-0.2, -0.15) is 5.26 Å². The van der Waals surface area contributed by atoms with E-state index in [0.29, 0.717) is 23.2 Å². The highest BCUT2D eigenvalue weighted by molar-refractivity contribution is 9.10. The summed E-state index contributed by atoms with van der Waals surface area (Å²) in [5, 5.41) is 20.4. The second-order valence-corrected chi connectivity index (χ2v) is 5.35. The Hall–Kier alpha value is -2.07. The molecule has 0 heterocycles. The first kappa shape index (κ1) is 17.0. The molecule has 1 atom stereocenters. The lowest BCUT2D eigenvalue weighted by molar-refractivity contribution is 0.0697. The number of urea groups is 1. The SMILES string of the molecule is CCN(CC(C)C#N)C(=O)Nc1ccc(C(=O)O)cc1Br. The van der Waals surface area contributed by atoms with E-state index in [-0.39, 0.29) is 17.5 Å². The number of carboxylic acid groups (broad SMARTS) is 1. The van der Waals surface area contributed by atoms with Crippen molar-refractivity contribution in [3.8, 4) is 6.07 Å². The quantitative estimate of drug-likeness (QED) is 0.849. The predicted octanol–water partition coefficient (Wildman–Crippen LogP) is 3.16. The van der Waals surface area contributed by atoms with Gasteiger partial charge in [0.1, 0.15) is 0 Å². The smallest absolute Gasteiger partial charge is 0.335 e. The van der Waals surface area contributed by atoms with Crippen LogP contribution in [0.25, 0.3) is 0 Å². The molecule has 6 nitrogen and oxygen atoms in total. The van der Waals surface area contributed by atoms with Gasteiger partial charge in [0, 0.05) is 17.6 Å². The van der Waals surface area contributed by atoms with Crippen LogP contribution in [-0.2, 0) is 0 Å². The van der Waals surface area contributed by atoms with E-state index in [4.69, 9.17) is 10.4 Å². The molecule has 0 saturated heterocycles. The summed E-state index contributed by atoms with van der Waals surface area (Å²) in [6.45, 7) is 4.38. The van der Waals surface area contributed by atoms with Gasteiger partial charge in [-0.3, -0.25) is 0 Å². The molecule has 0 aliphatic heterocycles. The van der Waals surface area contributed by atoms with Crippen molar-refractivity contribution in [3.05, 3.63) is 28.2 Å². The largest absolute Gasteiger partial charge is 0.478 e. The van der Waals surface area contributed by atoms with E-state index in [2.05, 4.69) is 27.3 Å². The molecule has 0 fully saturated rings. The Morgan fingerprint density at radius 2 is 2.19 bits per heavy atom. The van der Waals surface area contributed by atoms with Crippen LogP contribution in [0, 0.1) is 17.2 Å². The zero-order valence-electron chi connectivity index (χ0n) is 11.8. The van der Waals surface area contributed by atoms with Crippen LogP contribution in [0.15, 0.2) is 22.7 Å². The first-order valence-corrected chi connectivity index (χ1v) is 7.16. The van der Waals surface area contributed by atoms with Crippen LogP contribution in [0.1, 0.15) is 24.2 Å². The van der Waals surface area contributed by atoms with Gasteiger partial charge in [0.2, 0.25) is 0 Å². The summed E-state index contributed by atoms with van der Waals surface area (Å²) < 4.78 is 0.486. The minimum Gasteiger partial charge on any atom is -0.478 e. The van der Waals surface area contributed by atoms with Crippen molar-refractivity contribution in [2.45, 2.75) is 13.8 Å². The highest BCUT2D eigenvalue weighted by Crippen LogP contribution is 2.24. The van der Waals surface area contributed by atoms with E-state index in [9.17, 15) is 9.59 Å². The molecule has 7 heteroatoms. The Bertz CT molecular complexity index is 583. The Labute approximate surface area is 131 Å². The molecular formula is C14H16BrN3O3. The van der Waals surface area contributed by atoms with Gasteiger partial charge in [-0.15, -0.1) is 0 Å². The van der Waals surface area contributed by atoms with E-state index < -0.39 is 5.97 Å². The maximum Gasteiger partial charge on any atom is 0.335 e. The fraction of sp³-hybridized carbons (Fsp3) is 0.357. The van der Waals surface area contributed by atoms with Crippen LogP contribution < -0.4 is 5.32 Å². The standard InChI is InChI=1S/C14H16BrN3O3/c1-3-18(8-9(2)7-16)14(21)17-12-5-4-10(13(19)20)6-11(12)15/h4-6,9H,3,8H2,1-2H3,(H,17,21)(H,19,20). The zero-order chi connectivity index (χ0) is 16.0. The zero-order valence-corrected chi connectivity index (χ0v) is 13.3. The molecule has 0 spiro atoms. The number of nitrogens with one attached hydrogen (secondary N) is 1. The second kappa shape index (κ2) is 7.64. The van der Waals surface area contributed by atoms with Crippen LogP contribution >= 0.6 is 15.9 Å². The maximum atomic E-state index is 12.1. The first-order valence-electron chi connectivity index (χ1n) is 6.37. The monoisotopic (exact) mass is 353 g/mol. The van der Waals surface area contributed by atoms with Crippen molar-refractivity contribution in [1.82, 2.24) is 4.90 Å². The number of carbonyl (C=O) groups excluding carboxylic acids is 1. The molecule has 1 aromatic carbocycles. The van der Waals surface area contributed by atoms with Gasteiger partial charge in [-0.05, 0) is 48.0 Å². The van der Waals surface area contributed by atoms with Gasteiger partial charge in [-0.25, -0.2) is 9.59 Å². The van der Waals surface area contributed by atoms with Crippen molar-refractivity contribution in [1.29, 1.82) is 5.26 Å². The summed E-state index contributed by atoms with van der Waals surface area (Å²) >= 11 is 3.23. The molecule has 0 aliphatic carbocycles. The molecule has 0 bridgehead atoms. The van der Waals surface area contributed by atoms with E-state index in [1.54, 1.807) is 6.92 Å². The van der Waals surface area contributed by atoms with E-state index in [0.717, 1.165) is 0 Å². The Morgan fingerprint density at radius 1 is 1.52 bits per heavy atom. The third kappa shape index (κ3) is 4.76. The minimum atomic E-state index is -1.04. The number of carbonyl (C=O) groups is 2. The van der Waals surface area contributed by atoms with Crippen LogP contribution in [0.4, 0.5) is 10.5 Å². The lowest BCUT2D eigenvalue weighted by atomic mass is 10.2. The number of hydrogen-bond acceptors (Lipinski definition) is 3. The molecule has 0 radical (unpaired) electrons. The number of halogens is 1. The van der Waals surface area contributed by atoms with Gasteiger partial charge in [0.15, 0.2) is 0 Å². The molecule has 2 amide bonds. The summed E-state index contributed by atoms with van der Waals surface area (Å²) in [6.07, 6.45) is 0. The number of benzene rings is 1. The van der Waals surface area contributed by atoms with Crippen molar-refractivity contribution in [2.24, 2.45) is 5.92 Å². The maximum absolute atomic E-state index is 12.1. The van der Waals surface area contributed by atoms with Crippen molar-refractivity contribution < 1.29 is 14.7 Å². The topological polar surface area (TPSA) is 93.4 Å². The highest BCUT2D eigenvalue weighted by atomic mass is 79.9. The fourth-order valence-electron chi connectivity index (χ4n) is 1.67. The summed E-state index contributed by atoms with van der Waals surface area (Å²) in [6, 6.07) is 6.11. The Balaban J connectivity index is 2.82. The van der Waals surface area contributed by atoms with E-state index in [1.807, 2.05) is 6.92 Å². The van der Waals surface area contributed by atoms with Gasteiger partial charge in [-0.1, -0.05) is 0 Å². The van der Waals surface area contributed by atoms with Crippen LogP contribution in [0.2, 0.25) is 0 Å². The lowest BCUT2D eigenvalue weighted by Crippen LogP contribution is -2.37. The molecule has 1 aromatic rings. The van der Waals surface area contributed by atoms with Gasteiger partial charge in [0.05, 0.1) is 23.2 Å². The van der Waals surface area contributed by atoms with Crippen LogP contribution in [0.5, 0.6) is 0 Å². The summed E-state index contributed by atoms with van der Waals surface area (Å²) in [5.41, 5.74) is 0.610. The molecule has 1 unspecified atom stereocenters. The Morgan fingerprint density at radius 3 is 2.67 bits per heavy atom. The number of hydrogen-bond donors (Lipinski definition) is 2. The second-order valence-electron chi connectivity index (χ2n) is 4.50. The summed E-state index contributed by atoms with van der Waals surface area (Å²) in [5.74, 6) is -1.29. The van der Waals surface area contributed by atoms with Gasteiger partial charge >= 0.3 is 12.0 Å². The molecule has 1 rings (SSSR count). The average Bonchev–Trinajstić information content (AvgIpc) is 2.46. The minimum absolute atomic E-state index is 0.130. The highest BCUT2D eigenvalue weighted by Gasteiger charge is 2.16. The van der Waals surface area contributed by atoms with Crippen LogP contribution in [-0.4, -0.2) is 35.1 Å². The number of aromatic carboxylic acids is 1. The number of anilines is 1. The summed E-state index contributed by atoms with van der Waals surface area (Å²) in [4.78, 5) is 24.5. The van der Waals surface area contributed by atoms with Gasteiger partial charge in [0.25, 0.3) is 0 Å². The fourth-order valence-corrected chi connectivity index (χ4v) is 2.15. The molecule has 0 aromatic heterocycles. The average molecular weight is 354 g/mol. The third-order valence-electron chi connectivity index (χ3n) is 2.84. The number of amides is 2. The van der Waals surface area contributed by atoms with Crippen LogP contribution in [0.3, 0.4) is 0 Å². The molecule has 0 saturated carbocycles. The number of carboxylic acids is 1. The van der Waals surface area contributed by atoms with Crippen molar-refractivity contribution >= 4 is 33.6 Å². The van der Waals surface area contributed by atoms with Crippen molar-refractivity contribution in [2.75, 3.05) is 18.4 Å². The molecule has 0 aliphatic rings. The van der Waals surface area contributed by atoms with E-state index >= 15 is 0 Å². The first-order chi connectivity index (χ1) is 9.88. The number of rotatable bonds is 5. The number of nitrogens with zero attached hydrogens (tertiary/aromatic N) is 2. The third-order valence-corrected chi connectivity index (χ3v) is 3.50. The van der Waals surface area contributed by atoms with Crippen molar-refractivity contribution in [3.63, 3.8) is 0 Å². The lowest BCUT2D eigenvalue weighted by Gasteiger charge is -2.22. The summed E-state index contributed by atoms with van der Waals surface area (Å²) in [7, 11) is 0. The molecular weight excluding hydrogens is 338 g/mol. The van der Waals surface area contributed by atoms with Gasteiger partial charge < -0.3 is 15.3 Å². The Kier molecular flexibility index (Phi) is 6.18. The normalized spacial score (nSPS) is 11.3. The predicted molar refractivity (Wildman–Crippen MR) is 82.1 cm³/mol. The molecule has 21 heavy (non-hydrogen) atoms.